The molecule has 3 rings (SSSR count). The lowest BCUT2D eigenvalue weighted by Crippen LogP contribution is -2.37. The van der Waals surface area contributed by atoms with Crippen LogP contribution in [0.1, 0.15) is 43.4 Å². The first-order chi connectivity index (χ1) is 9.16. The van der Waals surface area contributed by atoms with E-state index in [1.807, 2.05) is 17.0 Å². The van der Waals surface area contributed by atoms with Crippen molar-refractivity contribution in [3.63, 3.8) is 0 Å². The van der Waals surface area contributed by atoms with E-state index in [2.05, 4.69) is 6.07 Å². The number of nitrogens with zero attached hydrogens (tertiary/aromatic N) is 1. The molecule has 100 valence electrons. The quantitative estimate of drug-likeness (QED) is 0.727. The number of para-hydroxylation sites is 1. The Hall–Kier alpha value is -1.84. The number of rotatable bonds is 1. The van der Waals surface area contributed by atoms with E-state index in [9.17, 15) is 9.59 Å². The normalized spacial score (nSPS) is 21.6. The third-order valence-corrected chi connectivity index (χ3v) is 3.83. The molecule has 4 nitrogen and oxygen atoms in total. The fourth-order valence-electron chi connectivity index (χ4n) is 3.05. The van der Waals surface area contributed by atoms with Crippen LogP contribution in [0, 0.1) is 0 Å². The molecule has 2 heterocycles. The van der Waals surface area contributed by atoms with Crippen molar-refractivity contribution in [2.75, 3.05) is 11.4 Å². The Kier molecular flexibility index (Phi) is 3.01. The lowest BCUT2D eigenvalue weighted by molar-refractivity contribution is -0.147. The van der Waals surface area contributed by atoms with Crippen molar-refractivity contribution in [2.45, 2.75) is 38.7 Å². The summed E-state index contributed by atoms with van der Waals surface area (Å²) in [6.45, 7) is 2.07. The van der Waals surface area contributed by atoms with E-state index in [1.54, 1.807) is 0 Å². The van der Waals surface area contributed by atoms with Gasteiger partial charge < -0.3 is 9.64 Å². The molecule has 0 radical (unpaired) electrons. The molecule has 0 spiro atoms. The highest BCUT2D eigenvalue weighted by atomic mass is 16.5. The number of ether oxygens (including phenoxy) is 1. The van der Waals surface area contributed by atoms with Crippen molar-refractivity contribution < 1.29 is 14.3 Å². The molecular weight excluding hydrogens is 242 g/mol. The first kappa shape index (κ1) is 12.2. The summed E-state index contributed by atoms with van der Waals surface area (Å²) in [5.74, 6) is -0.0801. The minimum Gasteiger partial charge on any atom is -0.458 e. The smallest absolute Gasteiger partial charge is 0.303 e. The van der Waals surface area contributed by atoms with Crippen molar-refractivity contribution in [1.82, 2.24) is 0 Å². The van der Waals surface area contributed by atoms with Crippen molar-refractivity contribution in [1.29, 1.82) is 0 Å². The molecule has 4 heteroatoms. The number of anilines is 1. The zero-order valence-electron chi connectivity index (χ0n) is 11.0. The molecule has 19 heavy (non-hydrogen) atoms. The Balaban J connectivity index is 2.07. The van der Waals surface area contributed by atoms with E-state index in [1.165, 1.54) is 12.5 Å². The number of carbonyl (C=O) groups is 2. The summed E-state index contributed by atoms with van der Waals surface area (Å²) < 4.78 is 5.39. The van der Waals surface area contributed by atoms with Gasteiger partial charge in [-0.15, -0.1) is 0 Å². The van der Waals surface area contributed by atoms with Crippen LogP contribution >= 0.6 is 0 Å². The van der Waals surface area contributed by atoms with E-state index in [-0.39, 0.29) is 18.0 Å². The number of aryl methyl sites for hydroxylation is 1. The monoisotopic (exact) mass is 259 g/mol. The van der Waals surface area contributed by atoms with Gasteiger partial charge in [-0.3, -0.25) is 9.59 Å². The number of benzene rings is 1. The van der Waals surface area contributed by atoms with Gasteiger partial charge in [-0.25, -0.2) is 0 Å². The van der Waals surface area contributed by atoms with E-state index in [4.69, 9.17) is 4.74 Å². The lowest BCUT2D eigenvalue weighted by Gasteiger charge is -2.34. The molecule has 0 saturated heterocycles. The molecule has 0 saturated carbocycles. The third kappa shape index (κ3) is 2.11. The second-order valence-corrected chi connectivity index (χ2v) is 5.14. The van der Waals surface area contributed by atoms with Crippen LogP contribution in [0.2, 0.25) is 0 Å². The predicted molar refractivity (Wildman–Crippen MR) is 70.9 cm³/mol. The van der Waals surface area contributed by atoms with E-state index >= 15 is 0 Å². The minimum absolute atomic E-state index is 0.187. The fourth-order valence-corrected chi connectivity index (χ4v) is 3.05. The number of carbonyl (C=O) groups excluding carboxylic acids is 2. The van der Waals surface area contributed by atoms with Crippen LogP contribution in [0.5, 0.6) is 0 Å². The van der Waals surface area contributed by atoms with Crippen molar-refractivity contribution >= 4 is 17.6 Å². The zero-order chi connectivity index (χ0) is 13.4. The number of amides is 1. The van der Waals surface area contributed by atoms with Crippen molar-refractivity contribution in [3.05, 3.63) is 29.3 Å². The Morgan fingerprint density at radius 3 is 3.00 bits per heavy atom. The number of hydrogen-bond acceptors (Lipinski definition) is 3. The average Bonchev–Trinajstić information content (AvgIpc) is 2.53. The molecule has 1 amide bonds. The highest BCUT2D eigenvalue weighted by molar-refractivity contribution is 5.96. The van der Waals surface area contributed by atoms with Crippen LogP contribution in [0.4, 0.5) is 5.69 Å². The van der Waals surface area contributed by atoms with Gasteiger partial charge in [0.05, 0.1) is 5.69 Å². The van der Waals surface area contributed by atoms with Gasteiger partial charge in [0.2, 0.25) is 5.91 Å². The van der Waals surface area contributed by atoms with Gasteiger partial charge >= 0.3 is 5.97 Å². The summed E-state index contributed by atoms with van der Waals surface area (Å²) in [6.07, 6.45) is 2.88. The molecule has 0 N–H and O–H groups in total. The fraction of sp³-hybridized carbons (Fsp3) is 0.467. The molecule has 0 fully saturated rings. The highest BCUT2D eigenvalue weighted by Gasteiger charge is 2.33. The molecule has 0 aromatic heterocycles. The SMILES string of the molecule is CC(=O)OC1CCN2C(=O)CCCc3cccc1c32. The summed E-state index contributed by atoms with van der Waals surface area (Å²) in [5.41, 5.74) is 3.16. The van der Waals surface area contributed by atoms with Gasteiger partial charge in [-0.05, 0) is 18.4 Å². The van der Waals surface area contributed by atoms with Crippen LogP contribution in [-0.2, 0) is 20.7 Å². The van der Waals surface area contributed by atoms with Crippen LogP contribution in [0.3, 0.4) is 0 Å². The van der Waals surface area contributed by atoms with Crippen LogP contribution in [0.15, 0.2) is 18.2 Å². The predicted octanol–water partition coefficient (Wildman–Crippen LogP) is 2.36. The maximum absolute atomic E-state index is 12.1. The minimum atomic E-state index is -0.268. The molecule has 2 aliphatic rings. The second kappa shape index (κ2) is 4.68. The average molecular weight is 259 g/mol. The van der Waals surface area contributed by atoms with Crippen LogP contribution in [0.25, 0.3) is 0 Å². The van der Waals surface area contributed by atoms with Gasteiger partial charge in [0.25, 0.3) is 0 Å². The van der Waals surface area contributed by atoms with E-state index < -0.39 is 0 Å². The van der Waals surface area contributed by atoms with Crippen LogP contribution < -0.4 is 4.90 Å². The van der Waals surface area contributed by atoms with E-state index in [0.717, 1.165) is 24.1 Å². The Morgan fingerprint density at radius 2 is 2.21 bits per heavy atom. The second-order valence-electron chi connectivity index (χ2n) is 5.14. The Bertz CT molecular complexity index is 538. The van der Waals surface area contributed by atoms with Crippen molar-refractivity contribution in [2.24, 2.45) is 0 Å². The molecule has 2 aliphatic heterocycles. The van der Waals surface area contributed by atoms with Gasteiger partial charge in [-0.1, -0.05) is 18.2 Å². The first-order valence-corrected chi connectivity index (χ1v) is 6.76. The summed E-state index contributed by atoms with van der Waals surface area (Å²) in [7, 11) is 0. The Morgan fingerprint density at radius 1 is 1.37 bits per heavy atom. The first-order valence-electron chi connectivity index (χ1n) is 6.76. The molecular formula is C15H17NO3. The van der Waals surface area contributed by atoms with Gasteiger partial charge in [0, 0.05) is 31.9 Å². The lowest BCUT2D eigenvalue weighted by atomic mass is 9.94. The van der Waals surface area contributed by atoms with Crippen LogP contribution in [-0.4, -0.2) is 18.4 Å². The highest BCUT2D eigenvalue weighted by Crippen LogP contribution is 2.40. The largest absolute Gasteiger partial charge is 0.458 e. The van der Waals surface area contributed by atoms with Crippen molar-refractivity contribution in [3.8, 4) is 0 Å². The maximum Gasteiger partial charge on any atom is 0.303 e. The summed E-state index contributed by atoms with van der Waals surface area (Å²) in [5, 5.41) is 0. The van der Waals surface area contributed by atoms with E-state index in [0.29, 0.717) is 19.4 Å². The standard InChI is InChI=1S/C15H17NO3/c1-10(17)19-13-8-9-16-14(18)7-3-5-11-4-2-6-12(13)15(11)16/h2,4,6,13H,3,5,7-9H2,1H3. The molecule has 0 bridgehead atoms. The van der Waals surface area contributed by atoms with Gasteiger partial charge in [0.15, 0.2) is 0 Å². The zero-order valence-corrected chi connectivity index (χ0v) is 11.0. The molecule has 1 aromatic rings. The van der Waals surface area contributed by atoms with Gasteiger partial charge in [0.1, 0.15) is 6.10 Å². The summed E-state index contributed by atoms with van der Waals surface area (Å²) >= 11 is 0. The Labute approximate surface area is 112 Å². The molecule has 1 atom stereocenters. The maximum atomic E-state index is 12.1. The summed E-state index contributed by atoms with van der Waals surface area (Å²) in [4.78, 5) is 25.2. The number of hydrogen-bond donors (Lipinski definition) is 0. The molecule has 0 aliphatic carbocycles. The third-order valence-electron chi connectivity index (χ3n) is 3.83. The van der Waals surface area contributed by atoms with Gasteiger partial charge in [-0.2, -0.15) is 0 Å². The summed E-state index contributed by atoms with van der Waals surface area (Å²) in [6, 6.07) is 6.03. The topological polar surface area (TPSA) is 46.6 Å². The number of esters is 1. The molecule has 1 aromatic carbocycles. The molecule has 1 unspecified atom stereocenters.